The highest BCUT2D eigenvalue weighted by Gasteiger charge is 2.43. The van der Waals surface area contributed by atoms with Gasteiger partial charge in [0.05, 0.1) is 12.5 Å². The molecular formula is C12H23NO2. The van der Waals surface area contributed by atoms with Crippen LogP contribution in [0.2, 0.25) is 0 Å². The quantitative estimate of drug-likeness (QED) is 0.686. The first kappa shape index (κ1) is 12.5. The first-order valence-corrected chi connectivity index (χ1v) is 5.82. The van der Waals surface area contributed by atoms with Crippen molar-refractivity contribution in [2.24, 2.45) is 23.0 Å². The maximum Gasteiger partial charge on any atom is 0.313 e. The highest BCUT2D eigenvalue weighted by atomic mass is 16.5. The Balaban J connectivity index is 2.72. The van der Waals surface area contributed by atoms with E-state index in [1.165, 1.54) is 20.0 Å². The summed E-state index contributed by atoms with van der Waals surface area (Å²) in [5, 5.41) is 0. The summed E-state index contributed by atoms with van der Waals surface area (Å²) in [7, 11) is 1.46. The Morgan fingerprint density at radius 1 is 1.53 bits per heavy atom. The Morgan fingerprint density at radius 3 is 2.47 bits per heavy atom. The summed E-state index contributed by atoms with van der Waals surface area (Å²) in [6, 6.07) is 0. The summed E-state index contributed by atoms with van der Waals surface area (Å²) in [4.78, 5) is 11.9. The molecule has 0 bridgehead atoms. The molecule has 2 N–H and O–H groups in total. The van der Waals surface area contributed by atoms with Gasteiger partial charge >= 0.3 is 5.97 Å². The standard InChI is InChI=1S/C12H23NO2/c1-9(2)6-12(8-13,11(14)15-3)7-10-4-5-10/h9-10H,4-8,13H2,1-3H3. The van der Waals surface area contributed by atoms with Crippen LogP contribution >= 0.6 is 0 Å². The van der Waals surface area contributed by atoms with Crippen LogP contribution in [0.3, 0.4) is 0 Å². The lowest BCUT2D eigenvalue weighted by molar-refractivity contribution is -0.154. The summed E-state index contributed by atoms with van der Waals surface area (Å²) in [6.07, 6.45) is 4.24. The largest absolute Gasteiger partial charge is 0.469 e. The van der Waals surface area contributed by atoms with Crippen LogP contribution in [-0.2, 0) is 9.53 Å². The number of hydrogen-bond donors (Lipinski definition) is 1. The van der Waals surface area contributed by atoms with Crippen molar-refractivity contribution in [3.8, 4) is 0 Å². The number of rotatable bonds is 6. The van der Waals surface area contributed by atoms with Crippen LogP contribution in [0.4, 0.5) is 0 Å². The van der Waals surface area contributed by atoms with Gasteiger partial charge in [-0.1, -0.05) is 26.7 Å². The van der Waals surface area contributed by atoms with Crippen molar-refractivity contribution in [1.29, 1.82) is 0 Å². The zero-order chi connectivity index (χ0) is 11.5. The topological polar surface area (TPSA) is 52.3 Å². The van der Waals surface area contributed by atoms with Gasteiger partial charge < -0.3 is 10.5 Å². The Labute approximate surface area is 92.4 Å². The molecule has 88 valence electrons. The van der Waals surface area contributed by atoms with Gasteiger partial charge in [0.15, 0.2) is 0 Å². The van der Waals surface area contributed by atoms with E-state index in [1.54, 1.807) is 0 Å². The number of ether oxygens (including phenoxy) is 1. The maximum atomic E-state index is 11.9. The Hall–Kier alpha value is -0.570. The van der Waals surface area contributed by atoms with E-state index in [0.717, 1.165) is 12.8 Å². The van der Waals surface area contributed by atoms with Gasteiger partial charge in [-0.05, 0) is 24.7 Å². The fourth-order valence-electron chi connectivity index (χ4n) is 2.37. The zero-order valence-corrected chi connectivity index (χ0v) is 10.1. The highest BCUT2D eigenvalue weighted by molar-refractivity contribution is 5.77. The molecule has 0 aliphatic heterocycles. The molecule has 1 atom stereocenters. The predicted octanol–water partition coefficient (Wildman–Crippen LogP) is 1.95. The average molecular weight is 213 g/mol. The van der Waals surface area contributed by atoms with Gasteiger partial charge in [0, 0.05) is 6.54 Å². The molecule has 0 aromatic rings. The first-order chi connectivity index (χ1) is 7.04. The molecule has 0 saturated heterocycles. The Kier molecular flexibility index (Phi) is 4.14. The molecule has 1 unspecified atom stereocenters. The predicted molar refractivity (Wildman–Crippen MR) is 60.3 cm³/mol. The summed E-state index contributed by atoms with van der Waals surface area (Å²) in [5.41, 5.74) is 5.38. The molecule has 0 heterocycles. The molecule has 0 amide bonds. The number of methoxy groups -OCH3 is 1. The van der Waals surface area contributed by atoms with Crippen molar-refractivity contribution in [3.05, 3.63) is 0 Å². The lowest BCUT2D eigenvalue weighted by atomic mass is 9.76. The monoisotopic (exact) mass is 213 g/mol. The molecular weight excluding hydrogens is 190 g/mol. The Bertz CT molecular complexity index is 218. The molecule has 3 nitrogen and oxygen atoms in total. The molecule has 0 aromatic carbocycles. The smallest absolute Gasteiger partial charge is 0.313 e. The van der Waals surface area contributed by atoms with Crippen molar-refractivity contribution >= 4 is 5.97 Å². The summed E-state index contributed by atoms with van der Waals surface area (Å²) in [6.45, 7) is 4.66. The van der Waals surface area contributed by atoms with Crippen LogP contribution < -0.4 is 5.73 Å². The van der Waals surface area contributed by atoms with Gasteiger partial charge in [0.25, 0.3) is 0 Å². The summed E-state index contributed by atoms with van der Waals surface area (Å²) < 4.78 is 4.92. The van der Waals surface area contributed by atoms with Crippen LogP contribution in [0.15, 0.2) is 0 Å². The van der Waals surface area contributed by atoms with Gasteiger partial charge in [-0.2, -0.15) is 0 Å². The van der Waals surface area contributed by atoms with Gasteiger partial charge in [-0.15, -0.1) is 0 Å². The van der Waals surface area contributed by atoms with Gasteiger partial charge in [-0.3, -0.25) is 4.79 Å². The molecule has 0 spiro atoms. The molecule has 0 aromatic heterocycles. The molecule has 1 fully saturated rings. The van der Waals surface area contributed by atoms with Crippen molar-refractivity contribution < 1.29 is 9.53 Å². The number of hydrogen-bond acceptors (Lipinski definition) is 3. The second kappa shape index (κ2) is 4.97. The minimum Gasteiger partial charge on any atom is -0.469 e. The van der Waals surface area contributed by atoms with Crippen molar-refractivity contribution in [1.82, 2.24) is 0 Å². The van der Waals surface area contributed by atoms with E-state index in [-0.39, 0.29) is 5.97 Å². The van der Waals surface area contributed by atoms with E-state index in [9.17, 15) is 4.79 Å². The van der Waals surface area contributed by atoms with Crippen molar-refractivity contribution in [2.75, 3.05) is 13.7 Å². The van der Waals surface area contributed by atoms with Crippen LogP contribution in [-0.4, -0.2) is 19.6 Å². The lowest BCUT2D eigenvalue weighted by Gasteiger charge is -2.31. The van der Waals surface area contributed by atoms with Crippen LogP contribution in [0, 0.1) is 17.3 Å². The van der Waals surface area contributed by atoms with Crippen LogP contribution in [0.1, 0.15) is 39.5 Å². The second-order valence-corrected chi connectivity index (χ2v) is 5.22. The number of carbonyl (C=O) groups is 1. The average Bonchev–Trinajstić information content (AvgIpc) is 2.98. The van der Waals surface area contributed by atoms with E-state index in [0.29, 0.717) is 18.4 Å². The van der Waals surface area contributed by atoms with E-state index in [1.807, 2.05) is 0 Å². The number of carbonyl (C=O) groups excluding carboxylic acids is 1. The maximum absolute atomic E-state index is 11.9. The molecule has 0 radical (unpaired) electrons. The van der Waals surface area contributed by atoms with Crippen LogP contribution in [0.5, 0.6) is 0 Å². The van der Waals surface area contributed by atoms with Gasteiger partial charge in [0.1, 0.15) is 0 Å². The Morgan fingerprint density at radius 2 is 2.13 bits per heavy atom. The zero-order valence-electron chi connectivity index (χ0n) is 10.1. The molecule has 1 rings (SSSR count). The second-order valence-electron chi connectivity index (χ2n) is 5.22. The highest BCUT2D eigenvalue weighted by Crippen LogP contribution is 2.43. The fraction of sp³-hybridized carbons (Fsp3) is 0.917. The van der Waals surface area contributed by atoms with E-state index in [2.05, 4.69) is 13.8 Å². The number of esters is 1. The molecule has 1 saturated carbocycles. The fourth-order valence-corrected chi connectivity index (χ4v) is 2.37. The van der Waals surface area contributed by atoms with E-state index < -0.39 is 5.41 Å². The first-order valence-electron chi connectivity index (χ1n) is 5.82. The molecule has 3 heteroatoms. The van der Waals surface area contributed by atoms with E-state index in [4.69, 9.17) is 10.5 Å². The minimum atomic E-state index is -0.427. The van der Waals surface area contributed by atoms with Crippen molar-refractivity contribution in [3.63, 3.8) is 0 Å². The molecule has 1 aliphatic rings. The third-order valence-corrected chi connectivity index (χ3v) is 3.18. The summed E-state index contributed by atoms with van der Waals surface area (Å²) in [5.74, 6) is 1.06. The number of nitrogens with two attached hydrogens (primary N) is 1. The van der Waals surface area contributed by atoms with Gasteiger partial charge in [-0.25, -0.2) is 0 Å². The van der Waals surface area contributed by atoms with Crippen molar-refractivity contribution in [2.45, 2.75) is 39.5 Å². The molecule has 15 heavy (non-hydrogen) atoms. The lowest BCUT2D eigenvalue weighted by Crippen LogP contribution is -2.41. The third kappa shape index (κ3) is 3.20. The van der Waals surface area contributed by atoms with Crippen LogP contribution in [0.25, 0.3) is 0 Å². The normalized spacial score (nSPS) is 20.1. The third-order valence-electron chi connectivity index (χ3n) is 3.18. The SMILES string of the molecule is COC(=O)C(CN)(CC(C)C)CC1CC1. The molecule has 1 aliphatic carbocycles. The summed E-state index contributed by atoms with van der Waals surface area (Å²) >= 11 is 0. The van der Waals surface area contributed by atoms with Gasteiger partial charge in [0.2, 0.25) is 0 Å². The van der Waals surface area contributed by atoms with E-state index >= 15 is 0 Å². The minimum absolute atomic E-state index is 0.120.